The lowest BCUT2D eigenvalue weighted by Crippen LogP contribution is -2.58. The van der Waals surface area contributed by atoms with Crippen molar-refractivity contribution in [2.24, 2.45) is 11.8 Å². The summed E-state index contributed by atoms with van der Waals surface area (Å²) in [6, 6.07) is -16.5. The molecule has 0 aromatic rings. The molecule has 10 atom stereocenters. The topological polar surface area (TPSA) is 573 Å². The lowest BCUT2D eigenvalue weighted by Gasteiger charge is -2.25. The standard InChI is InChI=1S/C52H82N12O24S4/c1-25(2)15-33(51(85)86)63-47(81)29(7-9-39(69)70)59-49(83)35(57-37(67)19-53-43(77)31(17-41(73)74)61-45(79)27(55-23-65)11-13-89-5)21-91-92-22-36(50(84)60-30(8-10-40(71)72)48(82)64-34(52(87)88)16-26(3)4)58-38(68)20-54-44(78)32(18-42(75)76)62-46(80)28(56-24-66)12-14-90-6/h23-36H,7-22H2,1-6H3,(H,53,77)(H,54,78)(H,55,65)(H,56,66)(H,57,67)(H,58,68)(H,59,83)(H,60,84)(H,61,79)(H,62,80)(H,63,81)(H,64,82)(H,69,70)(H,71,72)(H,73,74)(H,75,76)(H,85,86)(H,87,88)/t27-,28+,29-,30+,31-,32+,33-,34+,35-,36+. The van der Waals surface area contributed by atoms with Crippen LogP contribution in [0, 0.1) is 11.8 Å². The lowest BCUT2D eigenvalue weighted by atomic mass is 10.0. The van der Waals surface area contributed by atoms with Gasteiger partial charge < -0.3 is 94.4 Å². The highest BCUT2D eigenvalue weighted by Gasteiger charge is 2.35. The molecule has 0 saturated heterocycles. The van der Waals surface area contributed by atoms with Crippen LogP contribution in [0.15, 0.2) is 0 Å². The molecule has 0 bridgehead atoms. The number of carboxylic acids is 6. The maximum Gasteiger partial charge on any atom is 0.326 e. The van der Waals surface area contributed by atoms with E-state index in [1.807, 2.05) is 0 Å². The third-order valence-electron chi connectivity index (χ3n) is 12.3. The lowest BCUT2D eigenvalue weighted by molar-refractivity contribution is -0.143. The van der Waals surface area contributed by atoms with Crippen LogP contribution in [0.2, 0.25) is 0 Å². The summed E-state index contributed by atoms with van der Waals surface area (Å²) >= 11 is 2.60. The first-order valence-electron chi connectivity index (χ1n) is 28.1. The first kappa shape index (κ1) is 83.9. The zero-order valence-corrected chi connectivity index (χ0v) is 54.3. The number of carboxylic acid groups (broad SMARTS) is 6. The molecule has 0 aliphatic heterocycles. The summed E-state index contributed by atoms with van der Waals surface area (Å²) in [4.78, 5) is 229. The van der Waals surface area contributed by atoms with Crippen LogP contribution in [0.4, 0.5) is 0 Å². The van der Waals surface area contributed by atoms with Gasteiger partial charge in [0.2, 0.25) is 71.9 Å². The average molecular weight is 1390 g/mol. The Morgan fingerprint density at radius 1 is 0.359 bits per heavy atom. The fourth-order valence-electron chi connectivity index (χ4n) is 7.75. The predicted molar refractivity (Wildman–Crippen MR) is 331 cm³/mol. The van der Waals surface area contributed by atoms with Gasteiger partial charge in [0.25, 0.3) is 0 Å². The van der Waals surface area contributed by atoms with Gasteiger partial charge in [-0.25, -0.2) is 9.59 Å². The highest BCUT2D eigenvalue weighted by atomic mass is 33.1. The van der Waals surface area contributed by atoms with E-state index in [0.717, 1.165) is 0 Å². The van der Waals surface area contributed by atoms with Crippen LogP contribution in [-0.4, -0.2) is 247 Å². The van der Waals surface area contributed by atoms with E-state index < -0.39 is 218 Å². The Hall–Kier alpha value is -8.14. The molecule has 0 unspecified atom stereocenters. The molecule has 518 valence electrons. The molecule has 0 rings (SSSR count). The van der Waals surface area contributed by atoms with Crippen LogP contribution >= 0.6 is 45.1 Å². The van der Waals surface area contributed by atoms with Crippen molar-refractivity contribution < 1.29 is 117 Å². The summed E-state index contributed by atoms with van der Waals surface area (Å²) in [5.74, 6) is -21.9. The van der Waals surface area contributed by atoms with Crippen LogP contribution in [0.1, 0.15) is 91.9 Å². The number of carbonyl (C=O) groups is 18. The van der Waals surface area contributed by atoms with E-state index in [2.05, 4.69) is 63.8 Å². The van der Waals surface area contributed by atoms with Crippen molar-refractivity contribution in [1.29, 1.82) is 0 Å². The molecule has 36 nitrogen and oxygen atoms in total. The summed E-state index contributed by atoms with van der Waals surface area (Å²) in [5.41, 5.74) is 0. The number of hydrogen-bond donors (Lipinski definition) is 18. The quantitative estimate of drug-likeness (QED) is 0.0154. The molecule has 0 radical (unpaired) electrons. The van der Waals surface area contributed by atoms with E-state index >= 15 is 0 Å². The monoisotopic (exact) mass is 1390 g/mol. The molecule has 0 aliphatic rings. The van der Waals surface area contributed by atoms with Crippen LogP contribution in [0.3, 0.4) is 0 Å². The molecule has 92 heavy (non-hydrogen) atoms. The van der Waals surface area contributed by atoms with Gasteiger partial charge in [-0.2, -0.15) is 23.5 Å². The second-order valence-corrected chi connectivity index (χ2v) is 25.4. The molecule has 0 aromatic heterocycles. The van der Waals surface area contributed by atoms with E-state index in [1.165, 1.54) is 23.5 Å². The fourth-order valence-corrected chi connectivity index (χ4v) is 11.0. The number of hydrogen-bond acceptors (Lipinski definition) is 22. The minimum absolute atomic E-state index is 0.0577. The summed E-state index contributed by atoms with van der Waals surface area (Å²) in [6.45, 7) is 4.43. The van der Waals surface area contributed by atoms with Crippen molar-refractivity contribution in [3.63, 3.8) is 0 Å². The SMILES string of the molecule is CSCC[C@H](NC=O)C(=O)N[C@@H](CC(=O)O)C(=O)NCC(=O)N[C@@H](CSSC[C@@H](NC(=O)CNC(=O)[C@@H](CC(=O)O)NC(=O)[C@@H](CCSC)NC=O)C(=O)N[C@H](CCC(=O)O)C(=O)N[C@H](CC(C)C)C(=O)O)C(=O)N[C@@H](CCC(=O)O)C(=O)N[C@@H](CC(C)C)C(=O)O. The van der Waals surface area contributed by atoms with Gasteiger partial charge in [-0.1, -0.05) is 49.3 Å². The Labute approximate surface area is 544 Å². The molecule has 18 N–H and O–H groups in total. The Balaban J connectivity index is 7.43. The van der Waals surface area contributed by atoms with Crippen LogP contribution in [0.5, 0.6) is 0 Å². The van der Waals surface area contributed by atoms with Gasteiger partial charge >= 0.3 is 35.8 Å². The number of thioether (sulfide) groups is 2. The first-order valence-corrected chi connectivity index (χ1v) is 33.4. The number of nitrogens with one attached hydrogen (secondary N) is 12. The van der Waals surface area contributed by atoms with Gasteiger partial charge in [-0.15, -0.1) is 0 Å². The molecule has 0 spiro atoms. The Morgan fingerprint density at radius 3 is 0.924 bits per heavy atom. The van der Waals surface area contributed by atoms with Gasteiger partial charge in [0.05, 0.1) is 25.9 Å². The number of carbonyl (C=O) groups excluding carboxylic acids is 12. The van der Waals surface area contributed by atoms with Crippen molar-refractivity contribution in [1.82, 2.24) is 63.8 Å². The largest absolute Gasteiger partial charge is 0.481 e. The molecule has 0 aromatic carbocycles. The maximum atomic E-state index is 14.2. The van der Waals surface area contributed by atoms with E-state index in [4.69, 9.17) is 0 Å². The smallest absolute Gasteiger partial charge is 0.326 e. The molecule has 0 fully saturated rings. The summed E-state index contributed by atoms with van der Waals surface area (Å²) < 4.78 is 0. The summed E-state index contributed by atoms with van der Waals surface area (Å²) in [7, 11) is 1.25. The van der Waals surface area contributed by atoms with E-state index in [-0.39, 0.29) is 50.3 Å². The number of aliphatic carboxylic acids is 6. The first-order chi connectivity index (χ1) is 43.2. The minimum atomic E-state index is -1.85. The molecule has 0 saturated carbocycles. The second-order valence-electron chi connectivity index (χ2n) is 20.8. The maximum absolute atomic E-state index is 14.2. The van der Waals surface area contributed by atoms with Crippen molar-refractivity contribution in [2.45, 2.75) is 152 Å². The van der Waals surface area contributed by atoms with E-state index in [1.54, 1.807) is 40.2 Å². The molecular weight excluding hydrogens is 1300 g/mol. The van der Waals surface area contributed by atoms with Crippen molar-refractivity contribution >= 4 is 153 Å². The highest BCUT2D eigenvalue weighted by molar-refractivity contribution is 8.76. The molecular formula is C52H82N12O24S4. The van der Waals surface area contributed by atoms with Gasteiger partial charge in [-0.3, -0.25) is 76.7 Å². The highest BCUT2D eigenvalue weighted by Crippen LogP contribution is 2.24. The summed E-state index contributed by atoms with van der Waals surface area (Å²) in [5, 5.41) is 84.3. The number of amides is 12. The van der Waals surface area contributed by atoms with Gasteiger partial charge in [-0.05, 0) is 74.4 Å². The predicted octanol–water partition coefficient (Wildman–Crippen LogP) is -4.85. The summed E-state index contributed by atoms with van der Waals surface area (Å²) in [6.07, 6.45) is -1.23. The molecule has 40 heteroatoms. The van der Waals surface area contributed by atoms with E-state index in [9.17, 15) is 117 Å². The third-order valence-corrected chi connectivity index (χ3v) is 16.0. The second kappa shape index (κ2) is 46.0. The van der Waals surface area contributed by atoms with Crippen molar-refractivity contribution in [3.05, 3.63) is 0 Å². The van der Waals surface area contributed by atoms with E-state index in [0.29, 0.717) is 33.1 Å². The Kier molecular flexibility index (Phi) is 41.9. The van der Waals surface area contributed by atoms with Crippen molar-refractivity contribution in [3.8, 4) is 0 Å². The zero-order valence-electron chi connectivity index (χ0n) is 51.1. The molecule has 12 amide bonds. The average Bonchev–Trinajstić information content (AvgIpc) is 2.34. The van der Waals surface area contributed by atoms with Crippen LogP contribution < -0.4 is 63.8 Å². The normalized spacial score (nSPS) is 14.1. The minimum Gasteiger partial charge on any atom is -0.481 e. The van der Waals surface area contributed by atoms with Gasteiger partial charge in [0.1, 0.15) is 60.4 Å². The van der Waals surface area contributed by atoms with Gasteiger partial charge in [0.15, 0.2) is 0 Å². The fraction of sp³-hybridized carbons (Fsp3) is 0.654. The molecule has 0 aliphatic carbocycles. The van der Waals surface area contributed by atoms with Crippen LogP contribution in [-0.2, 0) is 86.3 Å². The Morgan fingerprint density at radius 2 is 0.652 bits per heavy atom. The molecule has 0 heterocycles. The van der Waals surface area contributed by atoms with Crippen LogP contribution in [0.25, 0.3) is 0 Å². The zero-order chi connectivity index (χ0) is 70.2. The number of rotatable bonds is 51. The Bertz CT molecular complexity index is 2420. The van der Waals surface area contributed by atoms with Crippen molar-refractivity contribution in [2.75, 3.05) is 48.6 Å². The third kappa shape index (κ3) is 36.6. The van der Waals surface area contributed by atoms with Gasteiger partial charge in [0, 0.05) is 24.3 Å².